The number of nitrogens with one attached hydrogen (secondary N) is 1. The van der Waals surface area contributed by atoms with Gasteiger partial charge in [-0.25, -0.2) is 0 Å². The van der Waals surface area contributed by atoms with Gasteiger partial charge >= 0.3 is 0 Å². The highest BCUT2D eigenvalue weighted by atomic mass is 16.3. The molecule has 0 bridgehead atoms. The third-order valence-corrected chi connectivity index (χ3v) is 4.51. The summed E-state index contributed by atoms with van der Waals surface area (Å²) in [5.41, 5.74) is 2.37. The number of piperazine rings is 1. The molecule has 1 saturated heterocycles. The molecule has 1 atom stereocenters. The average molecular weight is 306 g/mol. The first-order valence-electron chi connectivity index (χ1n) is 8.34. The minimum absolute atomic E-state index is 0.452. The summed E-state index contributed by atoms with van der Waals surface area (Å²) < 4.78 is 5.97. The molecular weight excluding hydrogens is 284 g/mol. The van der Waals surface area contributed by atoms with Crippen LogP contribution in [0.1, 0.15) is 11.3 Å². The Bertz CT molecular complexity index is 732. The smallest absolute Gasteiger partial charge is 0.134 e. The van der Waals surface area contributed by atoms with E-state index in [0.29, 0.717) is 6.04 Å². The molecule has 2 heterocycles. The van der Waals surface area contributed by atoms with Crippen LogP contribution in [0.2, 0.25) is 0 Å². The largest absolute Gasteiger partial charge is 0.461 e. The van der Waals surface area contributed by atoms with Gasteiger partial charge in [-0.05, 0) is 17.7 Å². The molecule has 0 saturated carbocycles. The van der Waals surface area contributed by atoms with Crippen LogP contribution in [0.4, 0.5) is 0 Å². The van der Waals surface area contributed by atoms with Crippen molar-refractivity contribution in [3.8, 4) is 0 Å². The monoisotopic (exact) mass is 306 g/mol. The van der Waals surface area contributed by atoms with Crippen molar-refractivity contribution >= 4 is 11.0 Å². The van der Waals surface area contributed by atoms with Gasteiger partial charge in [-0.2, -0.15) is 0 Å². The summed E-state index contributed by atoms with van der Waals surface area (Å²) in [6.45, 7) is 4.23. The quantitative estimate of drug-likeness (QED) is 0.800. The first-order chi connectivity index (χ1) is 11.4. The van der Waals surface area contributed by atoms with Crippen LogP contribution in [0.5, 0.6) is 0 Å². The second kappa shape index (κ2) is 6.57. The Kier molecular flexibility index (Phi) is 4.14. The van der Waals surface area contributed by atoms with Crippen LogP contribution >= 0.6 is 0 Å². The highest BCUT2D eigenvalue weighted by Crippen LogP contribution is 2.20. The van der Waals surface area contributed by atoms with Crippen molar-refractivity contribution in [2.45, 2.75) is 19.0 Å². The lowest BCUT2D eigenvalue weighted by atomic mass is 10.1. The van der Waals surface area contributed by atoms with Crippen molar-refractivity contribution in [3.05, 3.63) is 72.0 Å². The highest BCUT2D eigenvalue weighted by Gasteiger charge is 2.20. The van der Waals surface area contributed by atoms with Gasteiger partial charge in [-0.1, -0.05) is 48.5 Å². The minimum atomic E-state index is 0.452. The van der Waals surface area contributed by atoms with Crippen molar-refractivity contribution in [2.24, 2.45) is 0 Å². The number of hydrogen-bond acceptors (Lipinski definition) is 3. The standard InChI is InChI=1S/C20H22N2O/c1-2-6-16(7-3-1)14-22-11-10-21-18(15-22)13-19-12-17-8-4-5-9-20(17)23-19/h1-9,12,18,21H,10-11,13-15H2. The zero-order valence-electron chi connectivity index (χ0n) is 13.2. The molecule has 0 aliphatic carbocycles. The number of furan rings is 1. The van der Waals surface area contributed by atoms with Crippen LogP contribution < -0.4 is 5.32 Å². The number of hydrogen-bond donors (Lipinski definition) is 1. The number of para-hydroxylation sites is 1. The molecule has 0 amide bonds. The van der Waals surface area contributed by atoms with Gasteiger partial charge in [-0.3, -0.25) is 4.90 Å². The van der Waals surface area contributed by atoms with E-state index < -0.39 is 0 Å². The van der Waals surface area contributed by atoms with Gasteiger partial charge in [0.25, 0.3) is 0 Å². The molecule has 1 N–H and O–H groups in total. The second-order valence-electron chi connectivity index (χ2n) is 6.33. The van der Waals surface area contributed by atoms with Crippen LogP contribution in [0.25, 0.3) is 11.0 Å². The molecule has 23 heavy (non-hydrogen) atoms. The first-order valence-corrected chi connectivity index (χ1v) is 8.34. The van der Waals surface area contributed by atoms with Crippen molar-refractivity contribution in [1.82, 2.24) is 10.2 Å². The Labute approximate surface area is 136 Å². The van der Waals surface area contributed by atoms with E-state index in [2.05, 4.69) is 58.7 Å². The zero-order valence-corrected chi connectivity index (χ0v) is 13.2. The lowest BCUT2D eigenvalue weighted by Crippen LogP contribution is -2.51. The van der Waals surface area contributed by atoms with Crippen LogP contribution in [-0.2, 0) is 13.0 Å². The van der Waals surface area contributed by atoms with E-state index in [-0.39, 0.29) is 0 Å². The van der Waals surface area contributed by atoms with Gasteiger partial charge in [0.15, 0.2) is 0 Å². The topological polar surface area (TPSA) is 28.4 Å². The first kappa shape index (κ1) is 14.5. The molecular formula is C20H22N2O. The van der Waals surface area contributed by atoms with Gasteiger partial charge in [0.1, 0.15) is 11.3 Å². The average Bonchev–Trinajstić information content (AvgIpc) is 2.98. The summed E-state index contributed by atoms with van der Waals surface area (Å²) in [6, 6.07) is 21.6. The van der Waals surface area contributed by atoms with E-state index in [0.717, 1.165) is 43.9 Å². The van der Waals surface area contributed by atoms with E-state index in [1.807, 2.05) is 12.1 Å². The summed E-state index contributed by atoms with van der Waals surface area (Å²) in [7, 11) is 0. The van der Waals surface area contributed by atoms with E-state index in [4.69, 9.17) is 4.42 Å². The molecule has 118 valence electrons. The SMILES string of the molecule is c1ccc(CN2CCNC(Cc3cc4ccccc4o3)C2)cc1. The molecule has 0 spiro atoms. The van der Waals surface area contributed by atoms with Crippen LogP contribution in [0.3, 0.4) is 0 Å². The molecule has 1 fully saturated rings. The summed E-state index contributed by atoms with van der Waals surface area (Å²) in [4.78, 5) is 2.53. The van der Waals surface area contributed by atoms with Gasteiger partial charge < -0.3 is 9.73 Å². The van der Waals surface area contributed by atoms with Gasteiger partial charge in [0.2, 0.25) is 0 Å². The van der Waals surface area contributed by atoms with Crippen LogP contribution in [0.15, 0.2) is 65.1 Å². The van der Waals surface area contributed by atoms with Gasteiger partial charge in [0.05, 0.1) is 0 Å². The van der Waals surface area contributed by atoms with Gasteiger partial charge in [0, 0.05) is 44.0 Å². The van der Waals surface area contributed by atoms with Gasteiger partial charge in [-0.15, -0.1) is 0 Å². The molecule has 3 heteroatoms. The lowest BCUT2D eigenvalue weighted by Gasteiger charge is -2.33. The van der Waals surface area contributed by atoms with Crippen molar-refractivity contribution < 1.29 is 4.42 Å². The third-order valence-electron chi connectivity index (χ3n) is 4.51. The predicted molar refractivity (Wildman–Crippen MR) is 93.4 cm³/mol. The molecule has 0 radical (unpaired) electrons. The number of fused-ring (bicyclic) bond motifs is 1. The minimum Gasteiger partial charge on any atom is -0.461 e. The second-order valence-corrected chi connectivity index (χ2v) is 6.33. The zero-order chi connectivity index (χ0) is 15.5. The van der Waals surface area contributed by atoms with Crippen molar-refractivity contribution in [3.63, 3.8) is 0 Å². The third kappa shape index (κ3) is 3.46. The summed E-state index contributed by atoms with van der Waals surface area (Å²) >= 11 is 0. The number of nitrogens with zero attached hydrogens (tertiary/aromatic N) is 1. The fourth-order valence-corrected chi connectivity index (χ4v) is 3.40. The van der Waals surface area contributed by atoms with Crippen LogP contribution in [-0.4, -0.2) is 30.6 Å². The fraction of sp³-hybridized carbons (Fsp3) is 0.300. The van der Waals surface area contributed by atoms with E-state index in [1.54, 1.807) is 0 Å². The van der Waals surface area contributed by atoms with E-state index in [1.165, 1.54) is 10.9 Å². The highest BCUT2D eigenvalue weighted by molar-refractivity contribution is 5.77. The normalized spacial score (nSPS) is 19.2. The summed E-state index contributed by atoms with van der Waals surface area (Å²) in [5, 5.41) is 4.82. The predicted octanol–water partition coefficient (Wildman–Crippen LogP) is 3.45. The Hall–Kier alpha value is -2.10. The Morgan fingerprint density at radius 1 is 1.04 bits per heavy atom. The maximum Gasteiger partial charge on any atom is 0.134 e. The van der Waals surface area contributed by atoms with Crippen molar-refractivity contribution in [2.75, 3.05) is 19.6 Å². The number of benzene rings is 2. The maximum atomic E-state index is 5.97. The maximum absolute atomic E-state index is 5.97. The molecule has 3 nitrogen and oxygen atoms in total. The molecule has 1 unspecified atom stereocenters. The van der Waals surface area contributed by atoms with Crippen LogP contribution in [0, 0.1) is 0 Å². The molecule has 4 rings (SSSR count). The van der Waals surface area contributed by atoms with Crippen molar-refractivity contribution in [1.29, 1.82) is 0 Å². The Morgan fingerprint density at radius 2 is 1.87 bits per heavy atom. The number of rotatable bonds is 4. The lowest BCUT2D eigenvalue weighted by molar-refractivity contribution is 0.189. The van der Waals surface area contributed by atoms with E-state index >= 15 is 0 Å². The summed E-state index contributed by atoms with van der Waals surface area (Å²) in [5.74, 6) is 1.07. The summed E-state index contributed by atoms with van der Waals surface area (Å²) in [6.07, 6.45) is 0.944. The Balaban J connectivity index is 1.41. The molecule has 1 aliphatic rings. The molecule has 2 aromatic carbocycles. The Morgan fingerprint density at radius 3 is 2.74 bits per heavy atom. The molecule has 3 aromatic rings. The molecule has 1 aliphatic heterocycles. The van der Waals surface area contributed by atoms with E-state index in [9.17, 15) is 0 Å². The molecule has 1 aromatic heterocycles. The fourth-order valence-electron chi connectivity index (χ4n) is 3.40.